The minimum Gasteiger partial charge on any atom is -0.481 e. The number of carboxylic acid groups (broad SMARTS) is 1. The first-order valence-corrected chi connectivity index (χ1v) is 7.44. The Morgan fingerprint density at radius 3 is 2.90 bits per heavy atom. The third-order valence-electron chi connectivity index (χ3n) is 4.01. The maximum absolute atomic E-state index is 12.4. The lowest BCUT2D eigenvalue weighted by Gasteiger charge is -2.26. The molecule has 1 aromatic carbocycles. The van der Waals surface area contributed by atoms with E-state index in [1.165, 1.54) is 0 Å². The van der Waals surface area contributed by atoms with Crippen LogP contribution in [0.3, 0.4) is 0 Å². The third kappa shape index (κ3) is 3.97. The van der Waals surface area contributed by atoms with E-state index in [2.05, 4.69) is 10.6 Å². The van der Waals surface area contributed by atoms with Gasteiger partial charge in [0.25, 0.3) is 0 Å². The molecular formula is C16H22N2O3. The van der Waals surface area contributed by atoms with Gasteiger partial charge in [-0.2, -0.15) is 0 Å². The number of carbonyl (C=O) groups is 2. The number of rotatable bonds is 6. The van der Waals surface area contributed by atoms with Gasteiger partial charge in [-0.3, -0.25) is 9.59 Å². The van der Waals surface area contributed by atoms with Crippen LogP contribution < -0.4 is 10.6 Å². The Morgan fingerprint density at radius 2 is 2.19 bits per heavy atom. The van der Waals surface area contributed by atoms with Gasteiger partial charge < -0.3 is 15.7 Å². The van der Waals surface area contributed by atoms with Crippen molar-refractivity contribution >= 4 is 17.6 Å². The first-order chi connectivity index (χ1) is 10.1. The van der Waals surface area contributed by atoms with E-state index >= 15 is 0 Å². The SMILES string of the molecule is CCC(CNC(=O)C1CCNc2ccccc21)CC(=O)O. The van der Waals surface area contributed by atoms with Crippen molar-refractivity contribution in [3.8, 4) is 0 Å². The second-order valence-electron chi connectivity index (χ2n) is 5.47. The summed E-state index contributed by atoms with van der Waals surface area (Å²) in [6.07, 6.45) is 1.60. The Morgan fingerprint density at radius 1 is 1.43 bits per heavy atom. The molecule has 3 N–H and O–H groups in total. The average Bonchev–Trinajstić information content (AvgIpc) is 2.50. The Kier molecular flexibility index (Phi) is 5.20. The molecule has 0 spiro atoms. The maximum Gasteiger partial charge on any atom is 0.303 e. The van der Waals surface area contributed by atoms with Crippen LogP contribution >= 0.6 is 0 Å². The molecule has 1 aliphatic heterocycles. The van der Waals surface area contributed by atoms with Crippen molar-refractivity contribution in [2.75, 3.05) is 18.4 Å². The molecule has 2 atom stereocenters. The van der Waals surface area contributed by atoms with Crippen LogP contribution in [0.4, 0.5) is 5.69 Å². The molecule has 0 aromatic heterocycles. The number of hydrogen-bond acceptors (Lipinski definition) is 3. The van der Waals surface area contributed by atoms with E-state index in [4.69, 9.17) is 5.11 Å². The van der Waals surface area contributed by atoms with Crippen molar-refractivity contribution in [1.82, 2.24) is 5.32 Å². The predicted octanol–water partition coefficient (Wildman–Crippen LogP) is 2.20. The molecule has 1 aromatic rings. The standard InChI is InChI=1S/C16H22N2O3/c1-2-11(9-15(19)20)10-18-16(21)13-7-8-17-14-6-4-3-5-12(13)14/h3-6,11,13,17H,2,7-10H2,1H3,(H,18,21)(H,19,20). The summed E-state index contributed by atoms with van der Waals surface area (Å²) in [4.78, 5) is 23.1. The minimum absolute atomic E-state index is 0.00668. The highest BCUT2D eigenvalue weighted by molar-refractivity contribution is 5.86. The van der Waals surface area contributed by atoms with Crippen LogP contribution in [0.5, 0.6) is 0 Å². The Labute approximate surface area is 124 Å². The first kappa shape index (κ1) is 15.4. The minimum atomic E-state index is -0.816. The fourth-order valence-corrected chi connectivity index (χ4v) is 2.72. The van der Waals surface area contributed by atoms with Gasteiger partial charge in [0.2, 0.25) is 5.91 Å². The molecule has 5 heteroatoms. The van der Waals surface area contributed by atoms with Crippen LogP contribution in [0.25, 0.3) is 0 Å². The molecule has 1 heterocycles. The second-order valence-corrected chi connectivity index (χ2v) is 5.47. The van der Waals surface area contributed by atoms with Crippen LogP contribution in [0.1, 0.15) is 37.7 Å². The van der Waals surface area contributed by atoms with E-state index in [1.807, 2.05) is 31.2 Å². The number of benzene rings is 1. The van der Waals surface area contributed by atoms with Crippen molar-refractivity contribution in [3.05, 3.63) is 29.8 Å². The van der Waals surface area contributed by atoms with Gasteiger partial charge in [0.1, 0.15) is 0 Å². The summed E-state index contributed by atoms with van der Waals surface area (Å²) in [6, 6.07) is 7.84. The molecule has 0 radical (unpaired) electrons. The van der Waals surface area contributed by atoms with Crippen LogP contribution in [0.2, 0.25) is 0 Å². The molecule has 21 heavy (non-hydrogen) atoms. The number of anilines is 1. The summed E-state index contributed by atoms with van der Waals surface area (Å²) in [5.41, 5.74) is 2.04. The number of amides is 1. The van der Waals surface area contributed by atoms with Gasteiger partial charge >= 0.3 is 5.97 Å². The van der Waals surface area contributed by atoms with Gasteiger partial charge in [-0.25, -0.2) is 0 Å². The number of fused-ring (bicyclic) bond motifs is 1. The van der Waals surface area contributed by atoms with Crippen molar-refractivity contribution in [2.45, 2.75) is 32.1 Å². The highest BCUT2D eigenvalue weighted by Gasteiger charge is 2.26. The topological polar surface area (TPSA) is 78.4 Å². The zero-order valence-corrected chi connectivity index (χ0v) is 12.3. The van der Waals surface area contributed by atoms with Gasteiger partial charge in [-0.05, 0) is 24.0 Å². The van der Waals surface area contributed by atoms with Gasteiger partial charge in [0.05, 0.1) is 5.92 Å². The highest BCUT2D eigenvalue weighted by Crippen LogP contribution is 2.31. The van der Waals surface area contributed by atoms with Gasteiger partial charge in [-0.15, -0.1) is 0 Å². The predicted molar refractivity (Wildman–Crippen MR) is 81.3 cm³/mol. The molecule has 0 saturated carbocycles. The monoisotopic (exact) mass is 290 g/mol. The molecule has 0 aliphatic carbocycles. The second kappa shape index (κ2) is 7.11. The highest BCUT2D eigenvalue weighted by atomic mass is 16.4. The molecule has 2 unspecified atom stereocenters. The fourth-order valence-electron chi connectivity index (χ4n) is 2.72. The third-order valence-corrected chi connectivity index (χ3v) is 4.01. The van der Waals surface area contributed by atoms with E-state index in [0.717, 1.165) is 30.6 Å². The van der Waals surface area contributed by atoms with E-state index in [-0.39, 0.29) is 24.2 Å². The Bertz CT molecular complexity index is 516. The molecule has 0 fully saturated rings. The lowest BCUT2D eigenvalue weighted by molar-refractivity contribution is -0.138. The summed E-state index contributed by atoms with van der Waals surface area (Å²) >= 11 is 0. The maximum atomic E-state index is 12.4. The molecule has 0 saturated heterocycles. The average molecular weight is 290 g/mol. The number of carboxylic acids is 1. The van der Waals surface area contributed by atoms with Gasteiger partial charge in [0.15, 0.2) is 0 Å². The first-order valence-electron chi connectivity index (χ1n) is 7.44. The molecule has 5 nitrogen and oxygen atoms in total. The molecule has 1 amide bonds. The normalized spacial score (nSPS) is 18.2. The Hall–Kier alpha value is -2.04. The zero-order valence-electron chi connectivity index (χ0n) is 12.3. The van der Waals surface area contributed by atoms with E-state index in [1.54, 1.807) is 0 Å². The number of para-hydroxylation sites is 1. The van der Waals surface area contributed by atoms with Crippen molar-refractivity contribution < 1.29 is 14.7 Å². The van der Waals surface area contributed by atoms with Crippen LogP contribution in [0, 0.1) is 5.92 Å². The molecule has 1 aliphatic rings. The smallest absolute Gasteiger partial charge is 0.303 e. The van der Waals surface area contributed by atoms with E-state index in [9.17, 15) is 9.59 Å². The number of nitrogens with one attached hydrogen (secondary N) is 2. The summed E-state index contributed by atoms with van der Waals surface area (Å²) in [6.45, 7) is 3.15. The van der Waals surface area contributed by atoms with Crippen molar-refractivity contribution in [2.24, 2.45) is 5.92 Å². The largest absolute Gasteiger partial charge is 0.481 e. The fraction of sp³-hybridized carbons (Fsp3) is 0.500. The zero-order chi connectivity index (χ0) is 15.2. The summed E-state index contributed by atoms with van der Waals surface area (Å²) in [5, 5.41) is 15.0. The Balaban J connectivity index is 1.97. The van der Waals surface area contributed by atoms with Gasteiger partial charge in [0, 0.05) is 25.2 Å². The molecule has 0 bridgehead atoms. The quantitative estimate of drug-likeness (QED) is 0.750. The summed E-state index contributed by atoms with van der Waals surface area (Å²) < 4.78 is 0. The van der Waals surface area contributed by atoms with Crippen LogP contribution in [0.15, 0.2) is 24.3 Å². The van der Waals surface area contributed by atoms with E-state index < -0.39 is 5.97 Å². The summed E-state index contributed by atoms with van der Waals surface area (Å²) in [7, 11) is 0. The lowest BCUT2D eigenvalue weighted by atomic mass is 9.90. The number of aliphatic carboxylic acids is 1. The molecule has 114 valence electrons. The molecule has 2 rings (SSSR count). The van der Waals surface area contributed by atoms with Crippen molar-refractivity contribution in [1.29, 1.82) is 0 Å². The summed E-state index contributed by atoms with van der Waals surface area (Å²) in [5.74, 6) is -0.982. The molecular weight excluding hydrogens is 268 g/mol. The van der Waals surface area contributed by atoms with E-state index in [0.29, 0.717) is 6.54 Å². The van der Waals surface area contributed by atoms with Crippen LogP contribution in [-0.4, -0.2) is 30.1 Å². The number of hydrogen-bond donors (Lipinski definition) is 3. The van der Waals surface area contributed by atoms with Gasteiger partial charge in [-0.1, -0.05) is 31.5 Å². The van der Waals surface area contributed by atoms with Crippen LogP contribution in [-0.2, 0) is 9.59 Å². The van der Waals surface area contributed by atoms with Crippen molar-refractivity contribution in [3.63, 3.8) is 0 Å². The lowest BCUT2D eigenvalue weighted by Crippen LogP contribution is -2.36. The number of carbonyl (C=O) groups excluding carboxylic acids is 1.